The first-order valence-electron chi connectivity index (χ1n) is 10.3. The molecule has 2 aliphatic rings. The Balaban J connectivity index is 1.40. The summed E-state index contributed by atoms with van der Waals surface area (Å²) in [6.07, 6.45) is 6.65. The lowest BCUT2D eigenvalue weighted by atomic mass is 10.0. The van der Waals surface area contributed by atoms with Crippen molar-refractivity contribution in [1.82, 2.24) is 19.9 Å². The van der Waals surface area contributed by atoms with Crippen LogP contribution in [0.15, 0.2) is 55.0 Å². The van der Waals surface area contributed by atoms with Crippen LogP contribution < -0.4 is 10.1 Å². The molecule has 2 aromatic heterocycles. The maximum atomic E-state index is 14.7. The number of halogens is 1. The quantitative estimate of drug-likeness (QED) is 0.683. The summed E-state index contributed by atoms with van der Waals surface area (Å²) in [5.74, 6) is 1.37. The summed E-state index contributed by atoms with van der Waals surface area (Å²) in [4.78, 5) is 28.1. The molecule has 3 atom stereocenters. The lowest BCUT2D eigenvalue weighted by Gasteiger charge is -2.34. The predicted molar refractivity (Wildman–Crippen MR) is 113 cm³/mol. The lowest BCUT2D eigenvalue weighted by molar-refractivity contribution is 0.0692. The molecule has 0 spiro atoms. The standard InChI is InChI=1S/C23H22FN5O2/c1-31-15-6-7-20(27-12-15)28-18-10-14-11-19(18)29(13-14)23(30)16-4-2-5-17(24)21(16)22-25-8-3-9-26-22/h2-9,12,14,18-19H,10-11,13H2,1H3,(H,27,28). The van der Waals surface area contributed by atoms with Crippen LogP contribution in [-0.4, -0.2) is 51.5 Å². The molecular weight excluding hydrogens is 397 g/mol. The van der Waals surface area contributed by atoms with E-state index in [4.69, 9.17) is 4.74 Å². The van der Waals surface area contributed by atoms with Crippen molar-refractivity contribution in [2.75, 3.05) is 19.0 Å². The Morgan fingerprint density at radius 1 is 1.13 bits per heavy atom. The van der Waals surface area contributed by atoms with E-state index in [1.54, 1.807) is 43.9 Å². The van der Waals surface area contributed by atoms with Gasteiger partial charge in [0.05, 0.1) is 30.5 Å². The summed E-state index contributed by atoms with van der Waals surface area (Å²) in [6, 6.07) is 10.0. The van der Waals surface area contributed by atoms with Crippen LogP contribution in [0.4, 0.5) is 10.2 Å². The fourth-order valence-corrected chi connectivity index (χ4v) is 4.70. The normalized spacial score (nSPS) is 21.9. The van der Waals surface area contributed by atoms with Gasteiger partial charge < -0.3 is 15.0 Å². The van der Waals surface area contributed by atoms with Crippen molar-refractivity contribution in [3.05, 3.63) is 66.4 Å². The molecule has 1 aliphatic carbocycles. The van der Waals surface area contributed by atoms with E-state index in [0.29, 0.717) is 23.8 Å². The van der Waals surface area contributed by atoms with Gasteiger partial charge in [-0.2, -0.15) is 0 Å². The number of nitrogens with zero attached hydrogens (tertiary/aromatic N) is 4. The topological polar surface area (TPSA) is 80.2 Å². The van der Waals surface area contributed by atoms with E-state index in [1.165, 1.54) is 6.07 Å². The highest BCUT2D eigenvalue weighted by Crippen LogP contribution is 2.40. The number of pyridine rings is 1. The Labute approximate surface area is 179 Å². The highest BCUT2D eigenvalue weighted by Gasteiger charge is 2.47. The molecule has 1 saturated heterocycles. The number of anilines is 1. The van der Waals surface area contributed by atoms with Gasteiger partial charge >= 0.3 is 0 Å². The third-order valence-electron chi connectivity index (χ3n) is 6.08. The van der Waals surface area contributed by atoms with Crippen molar-refractivity contribution >= 4 is 11.7 Å². The van der Waals surface area contributed by atoms with E-state index >= 15 is 0 Å². The smallest absolute Gasteiger partial charge is 0.255 e. The molecule has 7 nitrogen and oxygen atoms in total. The fourth-order valence-electron chi connectivity index (χ4n) is 4.70. The van der Waals surface area contributed by atoms with Gasteiger partial charge in [0, 0.05) is 25.0 Å². The number of aromatic nitrogens is 3. The second-order valence-corrected chi connectivity index (χ2v) is 7.93. The van der Waals surface area contributed by atoms with Crippen LogP contribution in [0.1, 0.15) is 23.2 Å². The highest BCUT2D eigenvalue weighted by molar-refractivity contribution is 6.00. The second-order valence-electron chi connectivity index (χ2n) is 7.93. The molecule has 3 heterocycles. The molecule has 31 heavy (non-hydrogen) atoms. The molecule has 1 N–H and O–H groups in total. The minimum atomic E-state index is -0.501. The van der Waals surface area contributed by atoms with Gasteiger partial charge in [-0.25, -0.2) is 19.3 Å². The van der Waals surface area contributed by atoms with Crippen LogP contribution >= 0.6 is 0 Å². The number of hydrogen-bond donors (Lipinski definition) is 1. The Hall–Kier alpha value is -3.55. The zero-order valence-electron chi connectivity index (χ0n) is 17.0. The number of hydrogen-bond acceptors (Lipinski definition) is 6. The zero-order valence-corrected chi connectivity index (χ0v) is 17.0. The highest BCUT2D eigenvalue weighted by atomic mass is 19.1. The molecule has 1 saturated carbocycles. The van der Waals surface area contributed by atoms with Gasteiger partial charge in [0.1, 0.15) is 17.4 Å². The number of likely N-dealkylation sites (tertiary alicyclic amines) is 1. The van der Waals surface area contributed by atoms with E-state index < -0.39 is 5.82 Å². The molecule has 1 aromatic carbocycles. The number of carbonyl (C=O) groups is 1. The number of nitrogens with one attached hydrogen (secondary N) is 1. The molecule has 8 heteroatoms. The molecule has 2 fully saturated rings. The summed E-state index contributed by atoms with van der Waals surface area (Å²) in [5.41, 5.74) is 0.442. The van der Waals surface area contributed by atoms with E-state index in [0.717, 1.165) is 18.7 Å². The van der Waals surface area contributed by atoms with Gasteiger partial charge in [0.25, 0.3) is 5.91 Å². The van der Waals surface area contributed by atoms with Crippen LogP contribution in [0.25, 0.3) is 11.4 Å². The van der Waals surface area contributed by atoms with E-state index in [9.17, 15) is 9.18 Å². The largest absolute Gasteiger partial charge is 0.495 e. The number of carbonyl (C=O) groups excluding carboxylic acids is 1. The van der Waals surface area contributed by atoms with Gasteiger partial charge in [-0.1, -0.05) is 6.07 Å². The minimum absolute atomic E-state index is 0.0224. The molecule has 3 aromatic rings. The Morgan fingerprint density at radius 3 is 2.68 bits per heavy atom. The fraction of sp³-hybridized carbons (Fsp3) is 0.304. The van der Waals surface area contributed by atoms with Crippen LogP contribution in [0.3, 0.4) is 0 Å². The number of piperidine rings is 1. The van der Waals surface area contributed by atoms with Crippen molar-refractivity contribution in [2.45, 2.75) is 24.9 Å². The summed E-state index contributed by atoms with van der Waals surface area (Å²) < 4.78 is 19.9. The van der Waals surface area contributed by atoms with E-state index in [2.05, 4.69) is 20.3 Å². The lowest BCUT2D eigenvalue weighted by Crippen LogP contribution is -2.47. The number of methoxy groups -OCH3 is 1. The average Bonchev–Trinajstić information content (AvgIpc) is 3.40. The van der Waals surface area contributed by atoms with Gasteiger partial charge in [0.15, 0.2) is 5.82 Å². The van der Waals surface area contributed by atoms with Gasteiger partial charge in [-0.05, 0) is 49.1 Å². The number of benzene rings is 1. The maximum absolute atomic E-state index is 14.7. The van der Waals surface area contributed by atoms with Crippen LogP contribution in [-0.2, 0) is 0 Å². The average molecular weight is 419 g/mol. The first kappa shape index (κ1) is 19.4. The Bertz CT molecular complexity index is 1090. The van der Waals surface area contributed by atoms with Crippen molar-refractivity contribution < 1.29 is 13.9 Å². The van der Waals surface area contributed by atoms with E-state index in [-0.39, 0.29) is 29.4 Å². The molecule has 1 aliphatic heterocycles. The monoisotopic (exact) mass is 419 g/mol. The first-order valence-corrected chi connectivity index (χ1v) is 10.3. The molecular formula is C23H22FN5O2. The SMILES string of the molecule is COc1ccc(NC2CC3CC2N(C(=O)c2cccc(F)c2-c2ncccn2)C3)nc1. The minimum Gasteiger partial charge on any atom is -0.495 e. The van der Waals surface area contributed by atoms with Gasteiger partial charge in [-0.3, -0.25) is 4.79 Å². The summed E-state index contributed by atoms with van der Waals surface area (Å²) >= 11 is 0. The summed E-state index contributed by atoms with van der Waals surface area (Å²) in [6.45, 7) is 0.670. The third kappa shape index (κ3) is 3.58. The van der Waals surface area contributed by atoms with E-state index in [1.807, 2.05) is 17.0 Å². The molecule has 0 radical (unpaired) electrons. The summed E-state index contributed by atoms with van der Waals surface area (Å²) in [7, 11) is 1.60. The van der Waals surface area contributed by atoms with Crippen LogP contribution in [0, 0.1) is 11.7 Å². The number of amides is 1. The third-order valence-corrected chi connectivity index (χ3v) is 6.08. The first-order chi connectivity index (χ1) is 15.1. The van der Waals surface area contributed by atoms with Crippen molar-refractivity contribution in [1.29, 1.82) is 0 Å². The van der Waals surface area contributed by atoms with Gasteiger partial charge in [0.2, 0.25) is 0 Å². The van der Waals surface area contributed by atoms with Crippen molar-refractivity contribution in [2.24, 2.45) is 5.92 Å². The molecule has 158 valence electrons. The van der Waals surface area contributed by atoms with Crippen LogP contribution in [0.5, 0.6) is 5.75 Å². The number of ether oxygens (including phenoxy) is 1. The Kier molecular flexibility index (Phi) is 4.97. The molecule has 1 amide bonds. The maximum Gasteiger partial charge on any atom is 0.255 e. The zero-order chi connectivity index (χ0) is 21.4. The second kappa shape index (κ2) is 7.94. The summed E-state index contributed by atoms with van der Waals surface area (Å²) in [5, 5.41) is 3.46. The van der Waals surface area contributed by atoms with Gasteiger partial charge in [-0.15, -0.1) is 0 Å². The molecule has 5 rings (SSSR count). The predicted octanol–water partition coefficient (Wildman–Crippen LogP) is 3.40. The molecule has 2 bridgehead atoms. The number of fused-ring (bicyclic) bond motifs is 2. The van der Waals surface area contributed by atoms with Crippen molar-refractivity contribution in [3.63, 3.8) is 0 Å². The van der Waals surface area contributed by atoms with Crippen LogP contribution in [0.2, 0.25) is 0 Å². The molecule has 3 unspecified atom stereocenters. The van der Waals surface area contributed by atoms with Crippen molar-refractivity contribution in [3.8, 4) is 17.1 Å². The number of rotatable bonds is 5. The Morgan fingerprint density at radius 2 is 1.97 bits per heavy atom.